The standard InChI is InChI=1S/C17H28N4O2/c22-11-8-17(6-1-2-7-17)13-19-16(23)15-5-10-21(20-15)14-4-3-9-18-12-14/h5,10,14,18,22H,1-4,6-9,11-13H2,(H,19,23). The monoisotopic (exact) mass is 320 g/mol. The van der Waals surface area contributed by atoms with E-state index in [-0.39, 0.29) is 17.9 Å². The first-order valence-electron chi connectivity index (χ1n) is 8.87. The number of carbonyl (C=O) groups excluding carboxylic acids is 1. The normalized spacial score (nSPS) is 23.8. The van der Waals surface area contributed by atoms with Gasteiger partial charge in [0.25, 0.3) is 5.91 Å². The first-order valence-corrected chi connectivity index (χ1v) is 8.87. The molecule has 0 spiro atoms. The van der Waals surface area contributed by atoms with Crippen LogP contribution >= 0.6 is 0 Å². The zero-order chi connectivity index (χ0) is 16.1. The van der Waals surface area contributed by atoms with Gasteiger partial charge in [-0.25, -0.2) is 0 Å². The highest BCUT2D eigenvalue weighted by molar-refractivity contribution is 5.92. The van der Waals surface area contributed by atoms with Crippen molar-refractivity contribution in [1.82, 2.24) is 20.4 Å². The third-order valence-electron chi connectivity index (χ3n) is 5.42. The molecule has 3 rings (SSSR count). The highest BCUT2D eigenvalue weighted by Crippen LogP contribution is 2.40. The number of amides is 1. The van der Waals surface area contributed by atoms with Crippen LogP contribution in [0.25, 0.3) is 0 Å². The summed E-state index contributed by atoms with van der Waals surface area (Å²) in [7, 11) is 0. The fourth-order valence-electron chi connectivity index (χ4n) is 3.96. The number of aliphatic hydroxyl groups is 1. The molecule has 1 saturated carbocycles. The summed E-state index contributed by atoms with van der Waals surface area (Å²) in [5.74, 6) is -0.100. The molecule has 1 aromatic rings. The zero-order valence-electron chi connectivity index (χ0n) is 13.8. The molecule has 128 valence electrons. The smallest absolute Gasteiger partial charge is 0.271 e. The number of nitrogens with zero attached hydrogens (tertiary/aromatic N) is 2. The molecule has 2 heterocycles. The maximum atomic E-state index is 12.4. The Morgan fingerprint density at radius 2 is 2.26 bits per heavy atom. The first kappa shape index (κ1) is 16.5. The highest BCUT2D eigenvalue weighted by atomic mass is 16.3. The molecular formula is C17H28N4O2. The molecule has 1 aliphatic carbocycles. The minimum atomic E-state index is -0.100. The van der Waals surface area contributed by atoms with Crippen molar-refractivity contribution in [3.63, 3.8) is 0 Å². The molecule has 1 aliphatic heterocycles. The molecule has 23 heavy (non-hydrogen) atoms. The lowest BCUT2D eigenvalue weighted by Gasteiger charge is -2.28. The minimum Gasteiger partial charge on any atom is -0.396 e. The number of rotatable bonds is 6. The van der Waals surface area contributed by atoms with E-state index in [0.29, 0.717) is 18.3 Å². The van der Waals surface area contributed by atoms with Gasteiger partial charge >= 0.3 is 0 Å². The number of nitrogens with one attached hydrogen (secondary N) is 2. The summed E-state index contributed by atoms with van der Waals surface area (Å²) in [6, 6.07) is 2.15. The van der Waals surface area contributed by atoms with Gasteiger partial charge in [0.15, 0.2) is 0 Å². The van der Waals surface area contributed by atoms with Gasteiger partial charge in [-0.1, -0.05) is 12.8 Å². The molecule has 1 saturated heterocycles. The van der Waals surface area contributed by atoms with Crippen LogP contribution in [-0.4, -0.2) is 47.0 Å². The molecule has 0 radical (unpaired) electrons. The van der Waals surface area contributed by atoms with E-state index in [9.17, 15) is 9.90 Å². The summed E-state index contributed by atoms with van der Waals surface area (Å²) >= 11 is 0. The fraction of sp³-hybridized carbons (Fsp3) is 0.765. The van der Waals surface area contributed by atoms with Gasteiger partial charge in [0.05, 0.1) is 6.04 Å². The Hall–Kier alpha value is -1.40. The van der Waals surface area contributed by atoms with Crippen molar-refractivity contribution in [3.05, 3.63) is 18.0 Å². The van der Waals surface area contributed by atoms with E-state index < -0.39 is 0 Å². The van der Waals surface area contributed by atoms with Gasteiger partial charge in [-0.05, 0) is 50.1 Å². The molecule has 1 amide bonds. The van der Waals surface area contributed by atoms with Crippen molar-refractivity contribution in [2.75, 3.05) is 26.2 Å². The van der Waals surface area contributed by atoms with Crippen LogP contribution in [0.5, 0.6) is 0 Å². The van der Waals surface area contributed by atoms with E-state index in [2.05, 4.69) is 15.7 Å². The molecule has 3 N–H and O–H groups in total. The van der Waals surface area contributed by atoms with Gasteiger partial charge in [-0.3, -0.25) is 9.48 Å². The summed E-state index contributed by atoms with van der Waals surface area (Å²) in [5, 5.41) is 20.2. The Morgan fingerprint density at radius 1 is 1.43 bits per heavy atom. The van der Waals surface area contributed by atoms with E-state index in [4.69, 9.17) is 0 Å². The fourth-order valence-corrected chi connectivity index (χ4v) is 3.96. The molecule has 6 nitrogen and oxygen atoms in total. The van der Waals surface area contributed by atoms with Crippen LogP contribution in [0.15, 0.2) is 12.3 Å². The Labute approximate surface area is 137 Å². The Bertz CT molecular complexity index is 516. The van der Waals surface area contributed by atoms with Crippen molar-refractivity contribution < 1.29 is 9.90 Å². The van der Waals surface area contributed by atoms with Gasteiger partial charge in [-0.15, -0.1) is 0 Å². The number of piperidine rings is 1. The van der Waals surface area contributed by atoms with Crippen LogP contribution in [0.3, 0.4) is 0 Å². The minimum absolute atomic E-state index is 0.0836. The molecule has 0 bridgehead atoms. The number of carbonyl (C=O) groups is 1. The topological polar surface area (TPSA) is 79.2 Å². The lowest BCUT2D eigenvalue weighted by atomic mass is 9.83. The average Bonchev–Trinajstić information content (AvgIpc) is 3.24. The van der Waals surface area contributed by atoms with Crippen LogP contribution in [0, 0.1) is 5.41 Å². The lowest BCUT2D eigenvalue weighted by Crippen LogP contribution is -2.37. The average molecular weight is 320 g/mol. The molecule has 6 heteroatoms. The predicted octanol–water partition coefficient (Wildman–Crippen LogP) is 1.48. The number of hydrogen-bond acceptors (Lipinski definition) is 4. The van der Waals surface area contributed by atoms with Crippen LogP contribution in [0.1, 0.15) is 61.5 Å². The molecular weight excluding hydrogens is 292 g/mol. The van der Waals surface area contributed by atoms with E-state index in [1.165, 1.54) is 12.8 Å². The molecule has 1 aromatic heterocycles. The van der Waals surface area contributed by atoms with E-state index >= 15 is 0 Å². The van der Waals surface area contributed by atoms with Crippen LogP contribution in [-0.2, 0) is 0 Å². The number of hydrogen-bond donors (Lipinski definition) is 3. The van der Waals surface area contributed by atoms with Crippen molar-refractivity contribution in [1.29, 1.82) is 0 Å². The van der Waals surface area contributed by atoms with Crippen molar-refractivity contribution in [2.24, 2.45) is 5.41 Å². The van der Waals surface area contributed by atoms with Gasteiger partial charge < -0.3 is 15.7 Å². The van der Waals surface area contributed by atoms with Crippen LogP contribution < -0.4 is 10.6 Å². The second-order valence-corrected chi connectivity index (χ2v) is 7.04. The van der Waals surface area contributed by atoms with Gasteiger partial charge in [0, 0.05) is 25.9 Å². The van der Waals surface area contributed by atoms with Crippen LogP contribution in [0.2, 0.25) is 0 Å². The van der Waals surface area contributed by atoms with Crippen molar-refractivity contribution in [3.8, 4) is 0 Å². The maximum Gasteiger partial charge on any atom is 0.271 e. The largest absolute Gasteiger partial charge is 0.396 e. The zero-order valence-corrected chi connectivity index (χ0v) is 13.8. The van der Waals surface area contributed by atoms with Gasteiger partial charge in [0.1, 0.15) is 5.69 Å². The molecule has 2 fully saturated rings. The van der Waals surface area contributed by atoms with Crippen molar-refractivity contribution >= 4 is 5.91 Å². The maximum absolute atomic E-state index is 12.4. The lowest BCUT2D eigenvalue weighted by molar-refractivity contribution is 0.0910. The van der Waals surface area contributed by atoms with Gasteiger partial charge in [-0.2, -0.15) is 5.10 Å². The summed E-state index contributed by atoms with van der Waals surface area (Å²) in [6.45, 7) is 2.82. The third-order valence-corrected chi connectivity index (χ3v) is 5.42. The predicted molar refractivity (Wildman–Crippen MR) is 88.3 cm³/mol. The first-order chi connectivity index (χ1) is 11.2. The Morgan fingerprint density at radius 3 is 2.96 bits per heavy atom. The Kier molecular flexibility index (Phi) is 5.33. The summed E-state index contributed by atoms with van der Waals surface area (Å²) in [5.41, 5.74) is 0.577. The molecule has 1 atom stereocenters. The quantitative estimate of drug-likeness (QED) is 0.742. The summed E-state index contributed by atoms with van der Waals surface area (Å²) < 4.78 is 1.92. The SMILES string of the molecule is O=C(NCC1(CCO)CCCC1)c1ccn(C2CCCNC2)n1. The molecule has 0 aromatic carbocycles. The Balaban J connectivity index is 1.56. The van der Waals surface area contributed by atoms with Crippen LogP contribution in [0.4, 0.5) is 0 Å². The van der Waals surface area contributed by atoms with Gasteiger partial charge in [0.2, 0.25) is 0 Å². The number of aliphatic hydroxyl groups excluding tert-OH is 1. The van der Waals surface area contributed by atoms with E-state index in [1.807, 2.05) is 10.9 Å². The second kappa shape index (κ2) is 7.45. The number of aromatic nitrogens is 2. The highest BCUT2D eigenvalue weighted by Gasteiger charge is 2.33. The summed E-state index contributed by atoms with van der Waals surface area (Å²) in [4.78, 5) is 12.4. The second-order valence-electron chi connectivity index (χ2n) is 7.04. The molecule has 2 aliphatic rings. The van der Waals surface area contributed by atoms with E-state index in [0.717, 1.165) is 45.2 Å². The van der Waals surface area contributed by atoms with Crippen molar-refractivity contribution in [2.45, 2.75) is 51.0 Å². The third kappa shape index (κ3) is 3.93. The summed E-state index contributed by atoms with van der Waals surface area (Å²) in [6.07, 6.45) is 9.51. The van der Waals surface area contributed by atoms with E-state index in [1.54, 1.807) is 6.07 Å². The molecule has 1 unspecified atom stereocenters.